The SMILES string of the molecule is CCN=C(NC1CC1c1ccc(Br)cc1)N1CCC(OCC)CC1. The van der Waals surface area contributed by atoms with Crippen LogP contribution in [0.1, 0.15) is 44.6 Å². The molecule has 1 saturated carbocycles. The summed E-state index contributed by atoms with van der Waals surface area (Å²) < 4.78 is 6.90. The largest absolute Gasteiger partial charge is 0.378 e. The summed E-state index contributed by atoms with van der Waals surface area (Å²) >= 11 is 3.51. The highest BCUT2D eigenvalue weighted by Crippen LogP contribution is 2.41. The number of benzene rings is 1. The van der Waals surface area contributed by atoms with Crippen LogP contribution in [0.25, 0.3) is 0 Å². The van der Waals surface area contributed by atoms with Gasteiger partial charge in [0.05, 0.1) is 6.10 Å². The summed E-state index contributed by atoms with van der Waals surface area (Å²) in [6.07, 6.45) is 3.81. The summed E-state index contributed by atoms with van der Waals surface area (Å²) in [6.45, 7) is 7.89. The van der Waals surface area contributed by atoms with Crippen molar-refractivity contribution in [2.24, 2.45) is 4.99 Å². The van der Waals surface area contributed by atoms with Gasteiger partial charge in [-0.1, -0.05) is 28.1 Å². The van der Waals surface area contributed by atoms with Crippen molar-refractivity contribution < 1.29 is 4.74 Å². The molecule has 1 saturated heterocycles. The topological polar surface area (TPSA) is 36.9 Å². The van der Waals surface area contributed by atoms with Gasteiger partial charge in [0.2, 0.25) is 0 Å². The van der Waals surface area contributed by atoms with Gasteiger partial charge in [0.25, 0.3) is 0 Å². The van der Waals surface area contributed by atoms with Crippen molar-refractivity contribution in [3.63, 3.8) is 0 Å². The van der Waals surface area contributed by atoms with Crippen LogP contribution in [0.5, 0.6) is 0 Å². The second-order valence-corrected chi connectivity index (χ2v) is 7.50. The molecule has 1 aromatic rings. The second kappa shape index (κ2) is 8.34. The number of nitrogens with one attached hydrogen (secondary N) is 1. The summed E-state index contributed by atoms with van der Waals surface area (Å²) in [7, 11) is 0. The normalized spacial score (nSPS) is 25.0. The number of halogens is 1. The van der Waals surface area contributed by atoms with E-state index in [1.54, 1.807) is 0 Å². The molecule has 1 N–H and O–H groups in total. The maximum Gasteiger partial charge on any atom is 0.194 e. The summed E-state index contributed by atoms with van der Waals surface area (Å²) in [5.74, 6) is 1.69. The van der Waals surface area contributed by atoms with Gasteiger partial charge in [0.15, 0.2) is 5.96 Å². The third-order valence-corrected chi connectivity index (χ3v) is 5.38. The zero-order valence-electron chi connectivity index (χ0n) is 14.7. The van der Waals surface area contributed by atoms with Gasteiger partial charge in [-0.2, -0.15) is 0 Å². The van der Waals surface area contributed by atoms with E-state index in [0.29, 0.717) is 18.1 Å². The molecule has 0 radical (unpaired) electrons. The molecule has 1 heterocycles. The number of hydrogen-bond donors (Lipinski definition) is 1. The maximum absolute atomic E-state index is 5.76. The third kappa shape index (κ3) is 4.51. The number of likely N-dealkylation sites (tertiary alicyclic amines) is 1. The molecule has 1 aliphatic carbocycles. The van der Waals surface area contributed by atoms with E-state index in [-0.39, 0.29) is 0 Å². The van der Waals surface area contributed by atoms with Crippen LogP contribution in [-0.4, -0.2) is 49.2 Å². The minimum Gasteiger partial charge on any atom is -0.378 e. The molecule has 0 spiro atoms. The van der Waals surface area contributed by atoms with E-state index in [2.05, 4.69) is 64.3 Å². The van der Waals surface area contributed by atoms with E-state index in [0.717, 1.165) is 49.5 Å². The van der Waals surface area contributed by atoms with Gasteiger partial charge in [0.1, 0.15) is 0 Å². The predicted molar refractivity (Wildman–Crippen MR) is 103 cm³/mol. The van der Waals surface area contributed by atoms with Gasteiger partial charge in [-0.05, 0) is 50.8 Å². The average Bonchev–Trinajstić information content (AvgIpc) is 3.35. The molecule has 3 rings (SSSR count). The van der Waals surface area contributed by atoms with Crippen molar-refractivity contribution in [3.8, 4) is 0 Å². The first-order valence-electron chi connectivity index (χ1n) is 9.14. The number of rotatable bonds is 5. The number of piperidine rings is 1. The standard InChI is InChI=1S/C19H28BrN3O/c1-3-21-19(23-11-9-16(10-12-23)24-4-2)22-18-13-17(18)14-5-7-15(20)8-6-14/h5-8,16-18H,3-4,9-13H2,1-2H3,(H,21,22). The Bertz CT molecular complexity index is 552. The first-order valence-corrected chi connectivity index (χ1v) is 9.93. The first-order chi connectivity index (χ1) is 11.7. The Balaban J connectivity index is 1.54. The molecule has 1 aliphatic heterocycles. The molecule has 0 amide bonds. The maximum atomic E-state index is 5.76. The van der Waals surface area contributed by atoms with Crippen molar-refractivity contribution in [2.75, 3.05) is 26.2 Å². The van der Waals surface area contributed by atoms with Crippen LogP contribution in [0, 0.1) is 0 Å². The molecule has 0 bridgehead atoms. The van der Waals surface area contributed by atoms with E-state index >= 15 is 0 Å². The highest BCUT2D eigenvalue weighted by molar-refractivity contribution is 9.10. The number of ether oxygens (including phenoxy) is 1. The monoisotopic (exact) mass is 393 g/mol. The quantitative estimate of drug-likeness (QED) is 0.610. The molecule has 2 fully saturated rings. The third-order valence-electron chi connectivity index (χ3n) is 4.85. The molecule has 24 heavy (non-hydrogen) atoms. The smallest absolute Gasteiger partial charge is 0.194 e. The van der Waals surface area contributed by atoms with Crippen molar-refractivity contribution in [1.29, 1.82) is 0 Å². The van der Waals surface area contributed by atoms with Crippen LogP contribution < -0.4 is 5.32 Å². The Morgan fingerprint density at radius 3 is 2.58 bits per heavy atom. The lowest BCUT2D eigenvalue weighted by atomic mass is 10.1. The van der Waals surface area contributed by atoms with Crippen molar-refractivity contribution in [3.05, 3.63) is 34.3 Å². The highest BCUT2D eigenvalue weighted by atomic mass is 79.9. The summed E-state index contributed by atoms with van der Waals surface area (Å²) in [5.41, 5.74) is 1.42. The fourth-order valence-electron chi connectivity index (χ4n) is 3.46. The van der Waals surface area contributed by atoms with Gasteiger partial charge in [-0.25, -0.2) is 0 Å². The van der Waals surface area contributed by atoms with Crippen LogP contribution in [-0.2, 0) is 4.74 Å². The van der Waals surface area contributed by atoms with Gasteiger partial charge in [-0.15, -0.1) is 0 Å². The van der Waals surface area contributed by atoms with E-state index in [4.69, 9.17) is 9.73 Å². The Labute approximate surface area is 153 Å². The Kier molecular flexibility index (Phi) is 6.17. The fraction of sp³-hybridized carbons (Fsp3) is 0.632. The van der Waals surface area contributed by atoms with Gasteiger partial charge < -0.3 is 15.0 Å². The first kappa shape index (κ1) is 17.7. The molecule has 1 aromatic carbocycles. The molecule has 4 nitrogen and oxygen atoms in total. The zero-order chi connectivity index (χ0) is 16.9. The van der Waals surface area contributed by atoms with Crippen LogP contribution in [0.4, 0.5) is 0 Å². The van der Waals surface area contributed by atoms with Gasteiger partial charge in [-0.3, -0.25) is 4.99 Å². The molecular weight excluding hydrogens is 366 g/mol. The summed E-state index contributed by atoms with van der Waals surface area (Å²) in [4.78, 5) is 7.12. The van der Waals surface area contributed by atoms with Crippen LogP contribution in [0.3, 0.4) is 0 Å². The Morgan fingerprint density at radius 1 is 1.25 bits per heavy atom. The van der Waals surface area contributed by atoms with Gasteiger partial charge in [0, 0.05) is 42.7 Å². The Hall–Kier alpha value is -1.07. The van der Waals surface area contributed by atoms with E-state index < -0.39 is 0 Å². The molecule has 5 heteroatoms. The molecule has 0 aromatic heterocycles. The van der Waals surface area contributed by atoms with Crippen molar-refractivity contribution in [2.45, 2.75) is 51.2 Å². The van der Waals surface area contributed by atoms with Crippen molar-refractivity contribution >= 4 is 21.9 Å². The number of nitrogens with zero attached hydrogens (tertiary/aromatic N) is 2. The van der Waals surface area contributed by atoms with Crippen molar-refractivity contribution in [1.82, 2.24) is 10.2 Å². The predicted octanol–water partition coefficient (Wildman–Crippen LogP) is 3.77. The zero-order valence-corrected chi connectivity index (χ0v) is 16.3. The fourth-order valence-corrected chi connectivity index (χ4v) is 3.72. The van der Waals surface area contributed by atoms with E-state index in [1.165, 1.54) is 12.0 Å². The van der Waals surface area contributed by atoms with Gasteiger partial charge >= 0.3 is 0 Å². The minimum atomic E-state index is 0.422. The highest BCUT2D eigenvalue weighted by Gasteiger charge is 2.39. The lowest BCUT2D eigenvalue weighted by molar-refractivity contribution is 0.0263. The minimum absolute atomic E-state index is 0.422. The lowest BCUT2D eigenvalue weighted by Gasteiger charge is -2.34. The molecule has 132 valence electrons. The second-order valence-electron chi connectivity index (χ2n) is 6.58. The van der Waals surface area contributed by atoms with Crippen LogP contribution in [0.15, 0.2) is 33.7 Å². The molecule has 2 unspecified atom stereocenters. The molecular formula is C19H28BrN3O. The van der Waals surface area contributed by atoms with E-state index in [9.17, 15) is 0 Å². The number of hydrogen-bond acceptors (Lipinski definition) is 2. The number of guanidine groups is 1. The van der Waals surface area contributed by atoms with Crippen LogP contribution in [0.2, 0.25) is 0 Å². The summed E-state index contributed by atoms with van der Waals surface area (Å²) in [6, 6.07) is 9.22. The van der Waals surface area contributed by atoms with E-state index in [1.807, 2.05) is 0 Å². The van der Waals surface area contributed by atoms with Crippen LogP contribution >= 0.6 is 15.9 Å². The molecule has 2 atom stereocenters. The molecule has 2 aliphatic rings. The summed E-state index contributed by atoms with van der Waals surface area (Å²) in [5, 5.41) is 3.69. The Morgan fingerprint density at radius 2 is 1.96 bits per heavy atom. The average molecular weight is 394 g/mol. The number of aliphatic imine (C=N–C) groups is 1. The lowest BCUT2D eigenvalue weighted by Crippen LogP contribution is -2.48.